The van der Waals surface area contributed by atoms with Crippen LogP contribution in [0.25, 0.3) is 0 Å². The smallest absolute Gasteiger partial charge is 0.314 e. The summed E-state index contributed by atoms with van der Waals surface area (Å²) < 4.78 is 11.9. The van der Waals surface area contributed by atoms with Crippen LogP contribution in [0.3, 0.4) is 0 Å². The van der Waals surface area contributed by atoms with Crippen molar-refractivity contribution in [1.82, 2.24) is 9.55 Å². The zero-order valence-corrected chi connectivity index (χ0v) is 11.4. The van der Waals surface area contributed by atoms with E-state index in [9.17, 15) is 4.79 Å². The van der Waals surface area contributed by atoms with Crippen LogP contribution in [0.5, 0.6) is 0 Å². The molecule has 0 saturated carbocycles. The average molecular weight is 273 g/mol. The van der Waals surface area contributed by atoms with Gasteiger partial charge < -0.3 is 14.0 Å². The summed E-state index contributed by atoms with van der Waals surface area (Å²) in [7, 11) is 3.05. The Hall–Kier alpha value is -1.07. The Morgan fingerprint density at radius 3 is 3.00 bits per heavy atom. The van der Waals surface area contributed by atoms with Crippen molar-refractivity contribution in [3.05, 3.63) is 16.7 Å². The van der Waals surface area contributed by atoms with Crippen LogP contribution in [0, 0.1) is 0 Å². The normalized spacial score (nSPS) is 18.5. The van der Waals surface area contributed by atoms with Gasteiger partial charge in [-0.1, -0.05) is 11.6 Å². The number of carbonyl (C=O) groups is 1. The number of hydrogen-bond acceptors (Lipinski definition) is 4. The van der Waals surface area contributed by atoms with Crippen LogP contribution in [0.15, 0.2) is 0 Å². The molecule has 0 fully saturated rings. The van der Waals surface area contributed by atoms with E-state index < -0.39 is 0 Å². The van der Waals surface area contributed by atoms with Crippen molar-refractivity contribution in [3.8, 4) is 0 Å². The lowest BCUT2D eigenvalue weighted by molar-refractivity contribution is -0.143. The molecule has 1 aromatic heterocycles. The minimum Gasteiger partial charge on any atom is -0.469 e. The van der Waals surface area contributed by atoms with Crippen molar-refractivity contribution in [3.63, 3.8) is 0 Å². The molecular formula is C12H17ClN2O3. The summed E-state index contributed by atoms with van der Waals surface area (Å²) in [4.78, 5) is 16.1. The molecule has 1 atom stereocenters. The second-order valence-corrected chi connectivity index (χ2v) is 4.67. The summed E-state index contributed by atoms with van der Waals surface area (Å²) in [5.74, 6) is 0.349. The van der Waals surface area contributed by atoms with Crippen molar-refractivity contribution in [2.24, 2.45) is 0 Å². The SMILES string of the molecule is COCCc1nc(Cl)c2n1CCCC2C(=O)OC. The van der Waals surface area contributed by atoms with Gasteiger partial charge in [-0.3, -0.25) is 4.79 Å². The molecule has 0 bridgehead atoms. The summed E-state index contributed by atoms with van der Waals surface area (Å²) in [5, 5.41) is 0.413. The standard InChI is InChI=1S/C12H17ClN2O3/c1-17-7-5-9-14-11(13)10-8(12(16)18-2)4-3-6-15(9)10/h8H,3-7H2,1-2H3. The van der Waals surface area contributed by atoms with E-state index >= 15 is 0 Å². The number of fused-ring (bicyclic) bond motifs is 1. The molecular weight excluding hydrogens is 256 g/mol. The third kappa shape index (κ3) is 2.37. The maximum absolute atomic E-state index is 11.8. The van der Waals surface area contributed by atoms with Crippen LogP contribution in [0.2, 0.25) is 5.15 Å². The van der Waals surface area contributed by atoms with Gasteiger partial charge in [-0.05, 0) is 12.8 Å². The molecule has 1 aliphatic rings. The van der Waals surface area contributed by atoms with E-state index in [1.807, 2.05) is 4.57 Å². The monoisotopic (exact) mass is 272 g/mol. The molecule has 0 radical (unpaired) electrons. The molecule has 1 unspecified atom stereocenters. The largest absolute Gasteiger partial charge is 0.469 e. The first kappa shape index (κ1) is 13.4. The quantitative estimate of drug-likeness (QED) is 0.784. The molecule has 0 N–H and O–H groups in total. The van der Waals surface area contributed by atoms with Crippen molar-refractivity contribution >= 4 is 17.6 Å². The summed E-state index contributed by atoms with van der Waals surface area (Å²) in [6, 6.07) is 0. The molecule has 2 rings (SSSR count). The summed E-state index contributed by atoms with van der Waals surface area (Å²) in [6.07, 6.45) is 2.39. The Balaban J connectivity index is 2.33. The highest BCUT2D eigenvalue weighted by atomic mass is 35.5. The number of carbonyl (C=O) groups excluding carboxylic acids is 1. The van der Waals surface area contributed by atoms with Crippen molar-refractivity contribution in [1.29, 1.82) is 0 Å². The van der Waals surface area contributed by atoms with Crippen LogP contribution in [0.4, 0.5) is 0 Å². The fourth-order valence-electron chi connectivity index (χ4n) is 2.41. The average Bonchev–Trinajstić information content (AvgIpc) is 2.72. The lowest BCUT2D eigenvalue weighted by Gasteiger charge is -2.23. The number of halogens is 1. The third-order valence-electron chi connectivity index (χ3n) is 3.26. The van der Waals surface area contributed by atoms with E-state index in [0.29, 0.717) is 18.2 Å². The number of methoxy groups -OCH3 is 2. The minimum atomic E-state index is -0.292. The third-order valence-corrected chi connectivity index (χ3v) is 3.54. The lowest BCUT2D eigenvalue weighted by Crippen LogP contribution is -2.24. The minimum absolute atomic E-state index is 0.240. The molecule has 5 nitrogen and oxygen atoms in total. The van der Waals surface area contributed by atoms with E-state index in [-0.39, 0.29) is 11.9 Å². The molecule has 0 amide bonds. The lowest BCUT2D eigenvalue weighted by atomic mass is 9.96. The van der Waals surface area contributed by atoms with Gasteiger partial charge >= 0.3 is 5.97 Å². The zero-order valence-electron chi connectivity index (χ0n) is 10.6. The highest BCUT2D eigenvalue weighted by molar-refractivity contribution is 6.30. The number of nitrogens with zero attached hydrogens (tertiary/aromatic N) is 2. The van der Waals surface area contributed by atoms with Crippen LogP contribution in [0.1, 0.15) is 30.3 Å². The first-order valence-corrected chi connectivity index (χ1v) is 6.38. The fourth-order valence-corrected chi connectivity index (χ4v) is 2.74. The second-order valence-electron chi connectivity index (χ2n) is 4.32. The van der Waals surface area contributed by atoms with Crippen LogP contribution < -0.4 is 0 Å². The maximum atomic E-state index is 11.8. The van der Waals surface area contributed by atoms with E-state index in [2.05, 4.69) is 4.98 Å². The molecule has 100 valence electrons. The molecule has 18 heavy (non-hydrogen) atoms. The number of aromatic nitrogens is 2. The fraction of sp³-hybridized carbons (Fsp3) is 0.667. The predicted molar refractivity (Wildman–Crippen MR) is 66.8 cm³/mol. The maximum Gasteiger partial charge on any atom is 0.314 e. The van der Waals surface area contributed by atoms with Crippen LogP contribution in [-0.2, 0) is 27.2 Å². The Morgan fingerprint density at radius 1 is 1.56 bits per heavy atom. The molecule has 2 heterocycles. The zero-order chi connectivity index (χ0) is 13.1. The van der Waals surface area contributed by atoms with Gasteiger partial charge in [0.2, 0.25) is 0 Å². The van der Waals surface area contributed by atoms with Gasteiger partial charge in [0.25, 0.3) is 0 Å². The number of ether oxygens (including phenoxy) is 2. The first-order valence-electron chi connectivity index (χ1n) is 6.00. The second kappa shape index (κ2) is 5.71. The van der Waals surface area contributed by atoms with Gasteiger partial charge in [0.15, 0.2) is 5.15 Å². The Labute approximate surface area is 111 Å². The summed E-state index contributed by atoms with van der Waals surface area (Å²) >= 11 is 6.16. The number of hydrogen-bond donors (Lipinski definition) is 0. The van der Waals surface area contributed by atoms with Crippen LogP contribution in [-0.4, -0.2) is 36.3 Å². The number of imidazole rings is 1. The molecule has 0 aliphatic carbocycles. The van der Waals surface area contributed by atoms with E-state index in [4.69, 9.17) is 21.1 Å². The van der Waals surface area contributed by atoms with Gasteiger partial charge in [0, 0.05) is 20.1 Å². The molecule has 0 spiro atoms. The van der Waals surface area contributed by atoms with Crippen LogP contribution >= 0.6 is 11.6 Å². The molecule has 6 heteroatoms. The van der Waals surface area contributed by atoms with Crippen molar-refractivity contribution in [2.45, 2.75) is 31.7 Å². The van der Waals surface area contributed by atoms with E-state index in [1.165, 1.54) is 7.11 Å². The first-order chi connectivity index (χ1) is 8.69. The number of rotatable bonds is 4. The molecule has 0 aromatic carbocycles. The van der Waals surface area contributed by atoms with Crippen molar-refractivity contribution < 1.29 is 14.3 Å². The Morgan fingerprint density at radius 2 is 2.33 bits per heavy atom. The van der Waals surface area contributed by atoms with Gasteiger partial charge in [-0.25, -0.2) is 4.98 Å². The summed E-state index contributed by atoms with van der Waals surface area (Å²) in [6.45, 7) is 1.44. The molecule has 1 aromatic rings. The Bertz CT molecular complexity index is 445. The Kier molecular flexibility index (Phi) is 4.24. The van der Waals surface area contributed by atoms with Gasteiger partial charge in [-0.15, -0.1) is 0 Å². The van der Waals surface area contributed by atoms with E-state index in [1.54, 1.807) is 7.11 Å². The highest BCUT2D eigenvalue weighted by Crippen LogP contribution is 2.34. The van der Waals surface area contributed by atoms with Gasteiger partial charge in [0.05, 0.1) is 19.4 Å². The topological polar surface area (TPSA) is 53.4 Å². The predicted octanol–water partition coefficient (Wildman–Crippen LogP) is 1.78. The highest BCUT2D eigenvalue weighted by Gasteiger charge is 2.32. The van der Waals surface area contributed by atoms with Gasteiger partial charge in [0.1, 0.15) is 11.7 Å². The molecule has 1 aliphatic heterocycles. The van der Waals surface area contributed by atoms with Crippen molar-refractivity contribution in [2.75, 3.05) is 20.8 Å². The van der Waals surface area contributed by atoms with E-state index in [0.717, 1.165) is 30.9 Å². The molecule has 0 saturated heterocycles. The summed E-state index contributed by atoms with van der Waals surface area (Å²) in [5.41, 5.74) is 0.792. The van der Waals surface area contributed by atoms with Gasteiger partial charge in [-0.2, -0.15) is 0 Å². The number of esters is 1.